The van der Waals surface area contributed by atoms with Gasteiger partial charge >= 0.3 is 11.9 Å². The summed E-state index contributed by atoms with van der Waals surface area (Å²) in [6.07, 6.45) is 8.45. The van der Waals surface area contributed by atoms with Gasteiger partial charge in [0.05, 0.1) is 12.0 Å². The Kier molecular flexibility index (Phi) is 7.32. The van der Waals surface area contributed by atoms with Crippen LogP contribution in [0, 0.1) is 39.4 Å². The summed E-state index contributed by atoms with van der Waals surface area (Å²) in [5.74, 6) is -0.752. The predicted molar refractivity (Wildman–Crippen MR) is 146 cm³/mol. The topological polar surface area (TPSA) is 83.8 Å². The zero-order chi connectivity index (χ0) is 27.6. The molecule has 4 aliphatic carbocycles. The third kappa shape index (κ3) is 4.32. The van der Waals surface area contributed by atoms with Crippen LogP contribution >= 0.6 is 0 Å². The predicted octanol–water partition coefficient (Wildman–Crippen LogP) is 7.09. The molecule has 0 aromatic rings. The van der Waals surface area contributed by atoms with Gasteiger partial charge in [0.2, 0.25) is 0 Å². The minimum Gasteiger partial charge on any atom is -0.481 e. The van der Waals surface area contributed by atoms with Crippen LogP contribution in [0.3, 0.4) is 0 Å². The van der Waals surface area contributed by atoms with Gasteiger partial charge in [-0.25, -0.2) is 0 Å². The van der Waals surface area contributed by atoms with Gasteiger partial charge < -0.3 is 14.9 Å². The van der Waals surface area contributed by atoms with Gasteiger partial charge in [-0.05, 0) is 99.2 Å². The first kappa shape index (κ1) is 28.4. The summed E-state index contributed by atoms with van der Waals surface area (Å²) in [5, 5.41) is 20.6. The Morgan fingerprint density at radius 2 is 1.65 bits per heavy atom. The molecule has 0 heterocycles. The van der Waals surface area contributed by atoms with Crippen LogP contribution in [0.15, 0.2) is 23.3 Å². The van der Waals surface area contributed by atoms with Gasteiger partial charge in [0.25, 0.3) is 0 Å². The van der Waals surface area contributed by atoms with E-state index in [0.717, 1.165) is 51.4 Å². The molecule has 0 bridgehead atoms. The van der Waals surface area contributed by atoms with E-state index >= 15 is 0 Å². The zero-order valence-electron chi connectivity index (χ0n) is 24.3. The highest BCUT2D eigenvalue weighted by molar-refractivity contribution is 5.70. The Morgan fingerprint density at radius 3 is 2.24 bits per heavy atom. The Morgan fingerprint density at radius 1 is 0.973 bits per heavy atom. The lowest BCUT2D eigenvalue weighted by molar-refractivity contribution is -0.167. The molecule has 0 aromatic heterocycles. The van der Waals surface area contributed by atoms with E-state index < -0.39 is 18.0 Å². The van der Waals surface area contributed by atoms with Crippen molar-refractivity contribution in [3.8, 4) is 0 Å². The molecule has 0 aliphatic heterocycles. The van der Waals surface area contributed by atoms with Gasteiger partial charge in [0, 0.05) is 12.3 Å². The summed E-state index contributed by atoms with van der Waals surface area (Å²) in [7, 11) is 0. The van der Waals surface area contributed by atoms with Crippen LogP contribution in [0.25, 0.3) is 0 Å². The maximum absolute atomic E-state index is 12.5. The number of fused-ring (bicyclic) bond motifs is 4. The molecule has 2 fully saturated rings. The summed E-state index contributed by atoms with van der Waals surface area (Å²) < 4.78 is 5.83. The standard InChI is InChI=1S/C32H50O5/c1-19(2)25(34)11-9-21(28(35)36)22-13-17-32(8)24-10-12-26-29(4,5)27(37-20(3)33)15-16-30(26,6)23(24)14-18-31(22,32)7/h21-22,25-27,34H,1,9-18H2,2-8H3,(H,35,36)/t21-,22-,25?,26+,27-,30-,31-,32+/m1/s1. The number of carbonyl (C=O) groups is 2. The number of aliphatic hydroxyl groups is 1. The van der Waals surface area contributed by atoms with Crippen molar-refractivity contribution < 1.29 is 24.5 Å². The Labute approximate surface area is 224 Å². The van der Waals surface area contributed by atoms with Crippen LogP contribution in [-0.4, -0.2) is 34.4 Å². The molecule has 208 valence electrons. The van der Waals surface area contributed by atoms with Crippen molar-refractivity contribution in [3.05, 3.63) is 23.3 Å². The van der Waals surface area contributed by atoms with Gasteiger partial charge in [0.1, 0.15) is 6.10 Å². The largest absolute Gasteiger partial charge is 0.481 e. The van der Waals surface area contributed by atoms with Crippen LogP contribution in [-0.2, 0) is 14.3 Å². The van der Waals surface area contributed by atoms with Crippen LogP contribution in [0.4, 0.5) is 0 Å². The zero-order valence-corrected chi connectivity index (χ0v) is 24.3. The molecule has 8 atom stereocenters. The average Bonchev–Trinajstić information content (AvgIpc) is 3.07. The second-order valence-electron chi connectivity index (χ2n) is 14.2. The number of aliphatic carboxylic acids is 1. The summed E-state index contributed by atoms with van der Waals surface area (Å²) in [4.78, 5) is 24.4. The van der Waals surface area contributed by atoms with Crippen LogP contribution in [0.1, 0.15) is 113 Å². The third-order valence-corrected chi connectivity index (χ3v) is 12.2. The smallest absolute Gasteiger partial charge is 0.306 e. The van der Waals surface area contributed by atoms with Crippen molar-refractivity contribution >= 4 is 11.9 Å². The Hall–Kier alpha value is -1.62. The van der Waals surface area contributed by atoms with Crippen molar-refractivity contribution in [2.75, 3.05) is 0 Å². The van der Waals surface area contributed by atoms with Crippen LogP contribution < -0.4 is 0 Å². The average molecular weight is 515 g/mol. The fraction of sp³-hybridized carbons (Fsp3) is 0.812. The monoisotopic (exact) mass is 514 g/mol. The van der Waals surface area contributed by atoms with Gasteiger partial charge in [0.15, 0.2) is 0 Å². The molecule has 2 saturated carbocycles. The van der Waals surface area contributed by atoms with E-state index in [1.165, 1.54) is 6.92 Å². The quantitative estimate of drug-likeness (QED) is 0.280. The molecule has 2 N–H and O–H groups in total. The summed E-state index contributed by atoms with van der Waals surface area (Å²) >= 11 is 0. The number of hydrogen-bond donors (Lipinski definition) is 2. The molecular weight excluding hydrogens is 464 g/mol. The molecule has 4 rings (SSSR count). The number of carboxylic acid groups (broad SMARTS) is 1. The first-order valence-corrected chi connectivity index (χ1v) is 14.6. The molecule has 0 radical (unpaired) electrons. The second-order valence-corrected chi connectivity index (χ2v) is 14.2. The van der Waals surface area contributed by atoms with Gasteiger partial charge in [-0.2, -0.15) is 0 Å². The lowest BCUT2D eigenvalue weighted by Crippen LogP contribution is -2.56. The normalized spacial score (nSPS) is 40.2. The first-order valence-electron chi connectivity index (χ1n) is 14.6. The minimum atomic E-state index is -0.717. The molecular formula is C32H50O5. The van der Waals surface area contributed by atoms with Crippen LogP contribution in [0.2, 0.25) is 0 Å². The summed E-state index contributed by atoms with van der Waals surface area (Å²) in [5.41, 5.74) is 3.95. The highest BCUT2D eigenvalue weighted by Crippen LogP contribution is 2.72. The van der Waals surface area contributed by atoms with Crippen molar-refractivity contribution in [3.63, 3.8) is 0 Å². The van der Waals surface area contributed by atoms with Gasteiger partial charge in [-0.1, -0.05) is 57.9 Å². The van der Waals surface area contributed by atoms with E-state index in [9.17, 15) is 19.8 Å². The maximum atomic E-state index is 12.5. The van der Waals surface area contributed by atoms with E-state index in [0.29, 0.717) is 24.3 Å². The number of hydrogen-bond acceptors (Lipinski definition) is 4. The molecule has 1 unspecified atom stereocenters. The number of carbonyl (C=O) groups excluding carboxylic acids is 1. The fourth-order valence-electron chi connectivity index (χ4n) is 9.84. The fourth-order valence-corrected chi connectivity index (χ4v) is 9.84. The van der Waals surface area contributed by atoms with Crippen molar-refractivity contribution in [1.82, 2.24) is 0 Å². The highest BCUT2D eigenvalue weighted by atomic mass is 16.5. The molecule has 4 aliphatic rings. The second kappa shape index (κ2) is 9.54. The number of carboxylic acids is 1. The number of rotatable bonds is 7. The van der Waals surface area contributed by atoms with Crippen molar-refractivity contribution in [2.24, 2.45) is 39.4 Å². The van der Waals surface area contributed by atoms with Crippen LogP contribution in [0.5, 0.6) is 0 Å². The first-order chi connectivity index (χ1) is 17.1. The minimum absolute atomic E-state index is 0.0107. The van der Waals surface area contributed by atoms with E-state index in [1.54, 1.807) is 18.1 Å². The third-order valence-electron chi connectivity index (χ3n) is 12.2. The maximum Gasteiger partial charge on any atom is 0.306 e. The molecule has 5 heteroatoms. The van der Waals surface area contributed by atoms with E-state index in [1.807, 2.05) is 0 Å². The Bertz CT molecular complexity index is 993. The highest BCUT2D eigenvalue weighted by Gasteiger charge is 2.64. The lowest BCUT2D eigenvalue weighted by Gasteiger charge is -2.62. The molecule has 0 saturated heterocycles. The summed E-state index contributed by atoms with van der Waals surface area (Å²) in [6, 6.07) is 0. The number of esters is 1. The van der Waals surface area contributed by atoms with Crippen molar-refractivity contribution in [1.29, 1.82) is 0 Å². The Balaban J connectivity index is 1.65. The molecule has 5 nitrogen and oxygen atoms in total. The molecule has 0 amide bonds. The molecule has 0 spiro atoms. The van der Waals surface area contributed by atoms with Gasteiger partial charge in [-0.3, -0.25) is 9.59 Å². The molecule has 37 heavy (non-hydrogen) atoms. The van der Waals surface area contributed by atoms with E-state index in [4.69, 9.17) is 4.74 Å². The number of allylic oxidation sites excluding steroid dienone is 2. The SMILES string of the molecule is C=C(C)C(O)CC[C@@H](C(=O)O)[C@H]1CC[C@@]2(C)C3=C(CC[C@]12C)[C@@]1(C)CC[C@@H](OC(C)=O)C(C)(C)[C@@H]1CC3. The van der Waals surface area contributed by atoms with E-state index in [-0.39, 0.29) is 39.7 Å². The number of aliphatic hydroxyl groups excluding tert-OH is 1. The molecule has 0 aromatic carbocycles. The van der Waals surface area contributed by atoms with E-state index in [2.05, 4.69) is 41.2 Å². The van der Waals surface area contributed by atoms with Crippen molar-refractivity contribution in [2.45, 2.75) is 125 Å². The summed E-state index contributed by atoms with van der Waals surface area (Å²) in [6.45, 7) is 19.0. The van der Waals surface area contributed by atoms with Gasteiger partial charge in [-0.15, -0.1) is 0 Å². The lowest BCUT2D eigenvalue weighted by atomic mass is 9.43. The number of ether oxygens (including phenoxy) is 1.